The van der Waals surface area contributed by atoms with Crippen LogP contribution in [0.25, 0.3) is 0 Å². The summed E-state index contributed by atoms with van der Waals surface area (Å²) in [6.07, 6.45) is 1.23. The molecule has 0 radical (unpaired) electrons. The van der Waals surface area contributed by atoms with Gasteiger partial charge in [-0.2, -0.15) is 0 Å². The van der Waals surface area contributed by atoms with Crippen LogP contribution in [0.1, 0.15) is 26.7 Å². The van der Waals surface area contributed by atoms with Gasteiger partial charge in [-0.1, -0.05) is 13.8 Å². The lowest BCUT2D eigenvalue weighted by molar-refractivity contribution is 0.0627. The van der Waals surface area contributed by atoms with Crippen LogP contribution in [0.2, 0.25) is 0 Å². The number of epoxide rings is 1. The first-order chi connectivity index (χ1) is 7.15. The van der Waals surface area contributed by atoms with E-state index in [0.29, 0.717) is 19.2 Å². The molecule has 1 saturated heterocycles. The van der Waals surface area contributed by atoms with Crippen molar-refractivity contribution in [3.05, 3.63) is 0 Å². The predicted octanol–water partition coefficient (Wildman–Crippen LogP) is 0.229. The van der Waals surface area contributed by atoms with Crippen molar-refractivity contribution in [1.29, 1.82) is 0 Å². The molecule has 3 unspecified atom stereocenters. The van der Waals surface area contributed by atoms with Crippen LogP contribution >= 0.6 is 0 Å². The summed E-state index contributed by atoms with van der Waals surface area (Å²) in [5.74, 6) is 0. The van der Waals surface area contributed by atoms with Gasteiger partial charge in [0.2, 0.25) is 0 Å². The molecule has 0 bridgehead atoms. The maximum absolute atomic E-state index is 9.58. The molecule has 1 rings (SSSR count). The molecule has 0 aromatic rings. The van der Waals surface area contributed by atoms with Gasteiger partial charge in [-0.25, -0.2) is 0 Å². The van der Waals surface area contributed by atoms with Crippen molar-refractivity contribution in [3.63, 3.8) is 0 Å². The average molecular weight is 217 g/mol. The lowest BCUT2D eigenvalue weighted by Crippen LogP contribution is -2.39. The Morgan fingerprint density at radius 3 is 2.00 bits per heavy atom. The Bertz CT molecular complexity index is 161. The lowest BCUT2D eigenvalue weighted by Gasteiger charge is -2.25. The minimum atomic E-state index is -0.298. The van der Waals surface area contributed by atoms with E-state index in [1.165, 1.54) is 0 Å². The molecule has 90 valence electrons. The molecule has 1 aliphatic heterocycles. The fourth-order valence-electron chi connectivity index (χ4n) is 1.54. The van der Waals surface area contributed by atoms with Crippen LogP contribution in [0.15, 0.2) is 0 Å². The van der Waals surface area contributed by atoms with E-state index in [2.05, 4.69) is 4.90 Å². The van der Waals surface area contributed by atoms with Crippen molar-refractivity contribution < 1.29 is 14.9 Å². The van der Waals surface area contributed by atoms with E-state index >= 15 is 0 Å². The summed E-state index contributed by atoms with van der Waals surface area (Å²) in [4.78, 5) is 2.10. The third-order valence-electron chi connectivity index (χ3n) is 2.74. The van der Waals surface area contributed by atoms with Crippen LogP contribution in [-0.2, 0) is 4.74 Å². The Hall–Kier alpha value is -0.160. The molecule has 4 nitrogen and oxygen atoms in total. The molecule has 0 amide bonds. The highest BCUT2D eigenvalue weighted by atomic mass is 16.6. The highest BCUT2D eigenvalue weighted by Crippen LogP contribution is 2.12. The summed E-state index contributed by atoms with van der Waals surface area (Å²) in [5.41, 5.74) is 0. The maximum atomic E-state index is 9.58. The van der Waals surface area contributed by atoms with Crippen LogP contribution in [0.3, 0.4) is 0 Å². The average Bonchev–Trinajstić information content (AvgIpc) is 3.01. The molecular formula is C11H23NO3. The van der Waals surface area contributed by atoms with E-state index in [9.17, 15) is 10.2 Å². The van der Waals surface area contributed by atoms with E-state index in [0.717, 1.165) is 26.0 Å². The molecule has 1 aliphatic rings. The number of rotatable bonds is 8. The van der Waals surface area contributed by atoms with Crippen molar-refractivity contribution >= 4 is 0 Å². The first-order valence-corrected chi connectivity index (χ1v) is 5.85. The van der Waals surface area contributed by atoms with Gasteiger partial charge < -0.3 is 14.9 Å². The predicted molar refractivity (Wildman–Crippen MR) is 58.8 cm³/mol. The zero-order valence-electron chi connectivity index (χ0n) is 9.72. The summed E-state index contributed by atoms with van der Waals surface area (Å²) in [6, 6.07) is 0. The highest BCUT2D eigenvalue weighted by Gasteiger charge is 2.26. The quantitative estimate of drug-likeness (QED) is 0.571. The van der Waals surface area contributed by atoms with E-state index in [1.54, 1.807) is 0 Å². The molecule has 1 fully saturated rings. The molecule has 0 spiro atoms. The standard InChI is InChI=1S/C11H23NO3/c1-3-9(13)5-12(6-10(14)4-2)7-11-8-15-11/h9-11,13-14H,3-8H2,1-2H3. The van der Waals surface area contributed by atoms with E-state index in [4.69, 9.17) is 4.74 Å². The molecule has 1 heterocycles. The summed E-state index contributed by atoms with van der Waals surface area (Å²) < 4.78 is 5.16. The Morgan fingerprint density at radius 2 is 1.67 bits per heavy atom. The zero-order chi connectivity index (χ0) is 11.3. The monoisotopic (exact) mass is 217 g/mol. The summed E-state index contributed by atoms with van der Waals surface area (Å²) >= 11 is 0. The van der Waals surface area contributed by atoms with E-state index < -0.39 is 0 Å². The van der Waals surface area contributed by atoms with E-state index in [1.807, 2.05) is 13.8 Å². The summed E-state index contributed by atoms with van der Waals surface area (Å²) in [7, 11) is 0. The van der Waals surface area contributed by atoms with Crippen LogP contribution < -0.4 is 0 Å². The van der Waals surface area contributed by atoms with Crippen LogP contribution in [-0.4, -0.2) is 59.7 Å². The second kappa shape index (κ2) is 6.43. The zero-order valence-corrected chi connectivity index (χ0v) is 9.72. The van der Waals surface area contributed by atoms with Gasteiger partial charge in [0.15, 0.2) is 0 Å². The van der Waals surface area contributed by atoms with E-state index in [-0.39, 0.29) is 12.2 Å². The number of ether oxygens (including phenoxy) is 1. The number of nitrogens with zero attached hydrogens (tertiary/aromatic N) is 1. The largest absolute Gasteiger partial charge is 0.392 e. The minimum Gasteiger partial charge on any atom is -0.392 e. The molecule has 2 N–H and O–H groups in total. The number of aliphatic hydroxyl groups is 2. The fraction of sp³-hybridized carbons (Fsp3) is 1.00. The molecule has 3 atom stereocenters. The summed E-state index contributed by atoms with van der Waals surface area (Å²) in [5, 5.41) is 19.2. The Kier molecular flexibility index (Phi) is 5.53. The fourth-order valence-corrected chi connectivity index (χ4v) is 1.54. The molecule has 4 heteroatoms. The second-order valence-corrected chi connectivity index (χ2v) is 4.30. The SMILES string of the molecule is CCC(O)CN(CC(O)CC)CC1CO1. The molecular weight excluding hydrogens is 194 g/mol. The van der Waals surface area contributed by atoms with Crippen LogP contribution in [0.4, 0.5) is 0 Å². The summed E-state index contributed by atoms with van der Waals surface area (Å²) in [6.45, 7) is 6.84. The van der Waals surface area contributed by atoms with Gasteiger partial charge in [0, 0.05) is 19.6 Å². The van der Waals surface area contributed by atoms with Gasteiger partial charge >= 0.3 is 0 Å². The Morgan fingerprint density at radius 1 is 1.20 bits per heavy atom. The number of hydrogen-bond donors (Lipinski definition) is 2. The van der Waals surface area contributed by atoms with Gasteiger partial charge in [0.05, 0.1) is 24.9 Å². The van der Waals surface area contributed by atoms with Crippen molar-refractivity contribution in [1.82, 2.24) is 4.90 Å². The van der Waals surface area contributed by atoms with Gasteiger partial charge in [-0.15, -0.1) is 0 Å². The highest BCUT2D eigenvalue weighted by molar-refractivity contribution is 4.77. The van der Waals surface area contributed by atoms with Gasteiger partial charge in [-0.3, -0.25) is 4.90 Å². The smallest absolute Gasteiger partial charge is 0.0936 e. The number of aliphatic hydroxyl groups excluding tert-OH is 2. The molecule has 0 aromatic heterocycles. The van der Waals surface area contributed by atoms with Crippen LogP contribution in [0.5, 0.6) is 0 Å². The second-order valence-electron chi connectivity index (χ2n) is 4.30. The molecule has 0 saturated carbocycles. The normalized spacial score (nSPS) is 24.2. The topological polar surface area (TPSA) is 56.2 Å². The Balaban J connectivity index is 2.29. The van der Waals surface area contributed by atoms with Crippen LogP contribution in [0, 0.1) is 0 Å². The molecule has 15 heavy (non-hydrogen) atoms. The minimum absolute atomic E-state index is 0.298. The van der Waals surface area contributed by atoms with Gasteiger partial charge in [0.1, 0.15) is 0 Å². The van der Waals surface area contributed by atoms with Crippen molar-refractivity contribution in [2.24, 2.45) is 0 Å². The first kappa shape index (κ1) is 12.9. The maximum Gasteiger partial charge on any atom is 0.0936 e. The third kappa shape index (κ3) is 5.47. The lowest BCUT2D eigenvalue weighted by atomic mass is 10.2. The first-order valence-electron chi connectivity index (χ1n) is 5.85. The van der Waals surface area contributed by atoms with Crippen molar-refractivity contribution in [3.8, 4) is 0 Å². The third-order valence-corrected chi connectivity index (χ3v) is 2.74. The number of hydrogen-bond acceptors (Lipinski definition) is 4. The molecule has 0 aliphatic carbocycles. The Labute approximate surface area is 91.8 Å². The van der Waals surface area contributed by atoms with Gasteiger partial charge in [-0.05, 0) is 12.8 Å². The van der Waals surface area contributed by atoms with Gasteiger partial charge in [0.25, 0.3) is 0 Å². The van der Waals surface area contributed by atoms with Crippen molar-refractivity contribution in [2.75, 3.05) is 26.2 Å². The van der Waals surface area contributed by atoms with Crippen molar-refractivity contribution in [2.45, 2.75) is 45.0 Å². The molecule has 0 aromatic carbocycles.